The van der Waals surface area contributed by atoms with Gasteiger partial charge in [0.2, 0.25) is 0 Å². The van der Waals surface area contributed by atoms with E-state index in [9.17, 15) is 4.79 Å². The van der Waals surface area contributed by atoms with Gasteiger partial charge in [0.1, 0.15) is 6.04 Å². The van der Waals surface area contributed by atoms with Gasteiger partial charge in [0.25, 0.3) is 0 Å². The number of nitrogens with one attached hydrogen (secondary N) is 1. The molecule has 5 heteroatoms. The van der Waals surface area contributed by atoms with Gasteiger partial charge in [-0.2, -0.15) is 0 Å². The molecule has 1 aromatic rings. The number of benzene rings is 1. The lowest BCUT2D eigenvalue weighted by molar-refractivity contribution is -0.140. The van der Waals surface area contributed by atoms with Gasteiger partial charge in [-0.15, -0.1) is 0 Å². The number of aliphatic carboxylic acids is 1. The van der Waals surface area contributed by atoms with E-state index in [0.29, 0.717) is 16.6 Å². The molecule has 1 atom stereocenters. The lowest BCUT2D eigenvalue weighted by Crippen LogP contribution is -2.40. The van der Waals surface area contributed by atoms with Crippen LogP contribution in [0.5, 0.6) is 0 Å². The molecule has 0 radical (unpaired) electrons. The molecule has 0 fully saturated rings. The number of carbonyl (C=O) groups is 1. The highest BCUT2D eigenvalue weighted by molar-refractivity contribution is 6.42. The lowest BCUT2D eigenvalue weighted by atomic mass is 10.0. The first-order valence-electron chi connectivity index (χ1n) is 5.32. The summed E-state index contributed by atoms with van der Waals surface area (Å²) < 4.78 is 0. The molecule has 0 saturated heterocycles. The van der Waals surface area contributed by atoms with Crippen LogP contribution in [0.3, 0.4) is 0 Å². The van der Waals surface area contributed by atoms with E-state index in [4.69, 9.17) is 28.3 Å². The molecule has 0 bridgehead atoms. The quantitative estimate of drug-likeness (QED) is 0.868. The van der Waals surface area contributed by atoms with E-state index in [1.54, 1.807) is 12.1 Å². The molecule has 1 aromatic carbocycles. The zero-order valence-corrected chi connectivity index (χ0v) is 11.2. The van der Waals surface area contributed by atoms with E-state index in [-0.39, 0.29) is 5.92 Å². The van der Waals surface area contributed by atoms with Crippen molar-refractivity contribution in [2.75, 3.05) is 0 Å². The fourth-order valence-corrected chi connectivity index (χ4v) is 1.90. The normalized spacial score (nSPS) is 12.8. The van der Waals surface area contributed by atoms with Crippen molar-refractivity contribution >= 4 is 29.2 Å². The van der Waals surface area contributed by atoms with E-state index in [1.807, 2.05) is 19.9 Å². The summed E-state index contributed by atoms with van der Waals surface area (Å²) in [7, 11) is 0. The van der Waals surface area contributed by atoms with Crippen LogP contribution >= 0.6 is 23.2 Å². The Kier molecular flexibility index (Phi) is 5.25. The van der Waals surface area contributed by atoms with Crippen LogP contribution in [0.2, 0.25) is 10.0 Å². The fourth-order valence-electron chi connectivity index (χ4n) is 1.51. The van der Waals surface area contributed by atoms with Crippen LogP contribution < -0.4 is 5.32 Å². The van der Waals surface area contributed by atoms with Gasteiger partial charge in [0, 0.05) is 6.54 Å². The van der Waals surface area contributed by atoms with Gasteiger partial charge >= 0.3 is 5.97 Å². The van der Waals surface area contributed by atoms with Crippen molar-refractivity contribution in [2.24, 2.45) is 5.92 Å². The van der Waals surface area contributed by atoms with Crippen LogP contribution in [0.15, 0.2) is 18.2 Å². The Morgan fingerprint density at radius 1 is 1.41 bits per heavy atom. The first kappa shape index (κ1) is 14.3. The topological polar surface area (TPSA) is 49.3 Å². The second-order valence-corrected chi connectivity index (χ2v) is 4.94. The monoisotopic (exact) mass is 275 g/mol. The molecule has 0 aliphatic rings. The molecule has 94 valence electrons. The van der Waals surface area contributed by atoms with Crippen LogP contribution in [0, 0.1) is 5.92 Å². The highest BCUT2D eigenvalue weighted by Gasteiger charge is 2.20. The van der Waals surface area contributed by atoms with Gasteiger partial charge in [-0.25, -0.2) is 0 Å². The Morgan fingerprint density at radius 3 is 2.59 bits per heavy atom. The molecule has 1 rings (SSSR count). The van der Waals surface area contributed by atoms with E-state index in [2.05, 4.69) is 5.32 Å². The summed E-state index contributed by atoms with van der Waals surface area (Å²) in [5, 5.41) is 12.9. The summed E-state index contributed by atoms with van der Waals surface area (Å²) in [6, 6.07) is 4.71. The highest BCUT2D eigenvalue weighted by atomic mass is 35.5. The smallest absolute Gasteiger partial charge is 0.320 e. The molecule has 0 spiro atoms. The van der Waals surface area contributed by atoms with Crippen molar-refractivity contribution in [1.82, 2.24) is 5.32 Å². The first-order chi connectivity index (χ1) is 7.93. The number of rotatable bonds is 5. The zero-order chi connectivity index (χ0) is 13.0. The predicted octanol–water partition coefficient (Wildman–Crippen LogP) is 3.19. The van der Waals surface area contributed by atoms with Crippen LogP contribution in [0.25, 0.3) is 0 Å². The van der Waals surface area contributed by atoms with Gasteiger partial charge in [0.05, 0.1) is 10.0 Å². The van der Waals surface area contributed by atoms with Crippen LogP contribution in [-0.2, 0) is 11.3 Å². The Labute approximate surface area is 111 Å². The summed E-state index contributed by atoms with van der Waals surface area (Å²) in [5.74, 6) is -0.858. The Bertz CT molecular complexity index is 407. The highest BCUT2D eigenvalue weighted by Crippen LogP contribution is 2.25. The third kappa shape index (κ3) is 3.87. The number of carboxylic acid groups (broad SMARTS) is 1. The fraction of sp³-hybridized carbons (Fsp3) is 0.417. The third-order valence-electron chi connectivity index (χ3n) is 2.48. The van der Waals surface area contributed by atoms with Gasteiger partial charge in [0.15, 0.2) is 0 Å². The maximum Gasteiger partial charge on any atom is 0.320 e. The number of halogens is 2. The number of hydrogen-bond acceptors (Lipinski definition) is 2. The molecule has 0 aliphatic heterocycles. The van der Waals surface area contributed by atoms with Crippen molar-refractivity contribution in [3.05, 3.63) is 33.8 Å². The largest absolute Gasteiger partial charge is 0.480 e. The predicted molar refractivity (Wildman–Crippen MR) is 69.6 cm³/mol. The molecule has 0 heterocycles. The van der Waals surface area contributed by atoms with Crippen LogP contribution in [0.4, 0.5) is 0 Å². The van der Waals surface area contributed by atoms with Crippen LogP contribution in [-0.4, -0.2) is 17.1 Å². The summed E-state index contributed by atoms with van der Waals surface area (Å²) in [4.78, 5) is 11.0. The molecule has 0 aliphatic carbocycles. The lowest BCUT2D eigenvalue weighted by Gasteiger charge is -2.18. The molecule has 17 heavy (non-hydrogen) atoms. The Hall–Kier alpha value is -0.770. The average Bonchev–Trinajstić information content (AvgIpc) is 2.23. The van der Waals surface area contributed by atoms with Gasteiger partial charge in [-0.1, -0.05) is 49.2 Å². The molecule has 0 saturated carbocycles. The maximum atomic E-state index is 11.0. The van der Waals surface area contributed by atoms with Crippen molar-refractivity contribution in [2.45, 2.75) is 26.4 Å². The SMILES string of the molecule is CC(C)C(NCc1cccc(Cl)c1Cl)C(=O)O. The molecule has 0 aromatic heterocycles. The van der Waals surface area contributed by atoms with E-state index < -0.39 is 12.0 Å². The minimum atomic E-state index is -0.863. The van der Waals surface area contributed by atoms with Gasteiger partial charge < -0.3 is 10.4 Å². The van der Waals surface area contributed by atoms with Crippen molar-refractivity contribution in [3.63, 3.8) is 0 Å². The standard InChI is InChI=1S/C12H15Cl2NO2/c1-7(2)11(12(16)17)15-6-8-4-3-5-9(13)10(8)14/h3-5,7,11,15H,6H2,1-2H3,(H,16,17). The number of hydrogen-bond donors (Lipinski definition) is 2. The number of carboxylic acids is 1. The van der Waals surface area contributed by atoms with Crippen molar-refractivity contribution < 1.29 is 9.90 Å². The molecule has 3 nitrogen and oxygen atoms in total. The third-order valence-corrected chi connectivity index (χ3v) is 3.33. The average molecular weight is 276 g/mol. The Morgan fingerprint density at radius 2 is 2.06 bits per heavy atom. The van der Waals surface area contributed by atoms with Crippen LogP contribution in [0.1, 0.15) is 19.4 Å². The second kappa shape index (κ2) is 6.24. The first-order valence-corrected chi connectivity index (χ1v) is 6.08. The van der Waals surface area contributed by atoms with E-state index in [1.165, 1.54) is 0 Å². The van der Waals surface area contributed by atoms with Gasteiger partial charge in [-0.05, 0) is 17.5 Å². The Balaban J connectivity index is 2.72. The summed E-state index contributed by atoms with van der Waals surface area (Å²) in [6.07, 6.45) is 0. The summed E-state index contributed by atoms with van der Waals surface area (Å²) in [6.45, 7) is 4.09. The van der Waals surface area contributed by atoms with E-state index >= 15 is 0 Å². The van der Waals surface area contributed by atoms with E-state index in [0.717, 1.165) is 5.56 Å². The molecule has 2 N–H and O–H groups in total. The molecular formula is C12H15Cl2NO2. The summed E-state index contributed by atoms with van der Waals surface area (Å²) >= 11 is 11.9. The summed E-state index contributed by atoms with van der Waals surface area (Å²) in [5.41, 5.74) is 0.797. The zero-order valence-electron chi connectivity index (χ0n) is 9.71. The second-order valence-electron chi connectivity index (χ2n) is 4.15. The van der Waals surface area contributed by atoms with Crippen molar-refractivity contribution in [1.29, 1.82) is 0 Å². The molecular weight excluding hydrogens is 261 g/mol. The maximum absolute atomic E-state index is 11.0. The molecule has 0 amide bonds. The minimum absolute atomic E-state index is 0.00506. The van der Waals surface area contributed by atoms with Gasteiger partial charge in [-0.3, -0.25) is 4.79 Å². The minimum Gasteiger partial charge on any atom is -0.480 e. The van der Waals surface area contributed by atoms with Crippen molar-refractivity contribution in [3.8, 4) is 0 Å². The molecule has 1 unspecified atom stereocenters.